The summed E-state index contributed by atoms with van der Waals surface area (Å²) < 4.78 is 25.0. The van der Waals surface area contributed by atoms with Crippen LogP contribution < -0.4 is 5.32 Å². The Morgan fingerprint density at radius 2 is 1.89 bits per heavy atom. The smallest absolute Gasteiger partial charge is 0.213 e. The number of sulfonamides is 1. The summed E-state index contributed by atoms with van der Waals surface area (Å²) >= 11 is 0. The van der Waals surface area contributed by atoms with E-state index in [1.807, 2.05) is 13.8 Å². The van der Waals surface area contributed by atoms with E-state index in [0.717, 1.165) is 19.4 Å². The van der Waals surface area contributed by atoms with Crippen molar-refractivity contribution in [1.29, 1.82) is 0 Å². The minimum absolute atomic E-state index is 0.118. The van der Waals surface area contributed by atoms with Crippen molar-refractivity contribution in [1.82, 2.24) is 9.62 Å². The van der Waals surface area contributed by atoms with E-state index in [1.165, 1.54) is 0 Å². The largest absolute Gasteiger partial charge is 0.396 e. The number of nitrogens with one attached hydrogen (secondary N) is 1. The molecule has 0 saturated carbocycles. The Labute approximate surface area is 111 Å². The van der Waals surface area contributed by atoms with Crippen molar-refractivity contribution in [3.8, 4) is 0 Å². The Morgan fingerprint density at radius 1 is 1.33 bits per heavy atom. The average Bonchev–Trinajstić information content (AvgIpc) is 2.37. The number of piperidine rings is 1. The maximum absolute atomic E-state index is 11.7. The van der Waals surface area contributed by atoms with Crippen molar-refractivity contribution in [2.45, 2.75) is 39.7 Å². The van der Waals surface area contributed by atoms with E-state index in [0.29, 0.717) is 19.1 Å². The second-order valence-corrected chi connectivity index (χ2v) is 8.03. The molecule has 0 radical (unpaired) electrons. The highest BCUT2D eigenvalue weighted by molar-refractivity contribution is 7.89. The first-order valence-corrected chi connectivity index (χ1v) is 8.24. The first kappa shape index (κ1) is 15.9. The van der Waals surface area contributed by atoms with Crippen LogP contribution in [0.4, 0.5) is 0 Å². The van der Waals surface area contributed by atoms with Gasteiger partial charge in [-0.15, -0.1) is 0 Å². The molecule has 5 nitrogen and oxygen atoms in total. The number of nitrogens with zero attached hydrogens (tertiary/aromatic N) is 1. The molecule has 6 heteroatoms. The summed E-state index contributed by atoms with van der Waals surface area (Å²) in [5.74, 6) is 0.183. The molecule has 18 heavy (non-hydrogen) atoms. The van der Waals surface area contributed by atoms with Gasteiger partial charge in [-0.2, -0.15) is 0 Å². The normalized spacial score (nSPS) is 20.2. The van der Waals surface area contributed by atoms with Crippen LogP contribution in [0.15, 0.2) is 0 Å². The van der Waals surface area contributed by atoms with E-state index >= 15 is 0 Å². The molecule has 0 bridgehead atoms. The van der Waals surface area contributed by atoms with Crippen LogP contribution in [-0.4, -0.2) is 55.9 Å². The van der Waals surface area contributed by atoms with E-state index in [2.05, 4.69) is 5.32 Å². The van der Waals surface area contributed by atoms with Gasteiger partial charge in [-0.3, -0.25) is 0 Å². The van der Waals surface area contributed by atoms with E-state index in [1.54, 1.807) is 11.2 Å². The first-order chi connectivity index (χ1) is 8.30. The molecule has 0 spiro atoms. The molecule has 1 aliphatic rings. The van der Waals surface area contributed by atoms with Gasteiger partial charge in [0.05, 0.1) is 5.75 Å². The summed E-state index contributed by atoms with van der Waals surface area (Å²) in [6.45, 7) is 7.83. The maximum atomic E-state index is 11.7. The minimum atomic E-state index is -3.03. The summed E-state index contributed by atoms with van der Waals surface area (Å²) in [7, 11) is -3.03. The van der Waals surface area contributed by atoms with Crippen molar-refractivity contribution in [3.63, 3.8) is 0 Å². The lowest BCUT2D eigenvalue weighted by molar-refractivity contribution is 0.148. The minimum Gasteiger partial charge on any atom is -0.396 e. The van der Waals surface area contributed by atoms with Gasteiger partial charge in [-0.05, 0) is 19.8 Å². The van der Waals surface area contributed by atoms with Gasteiger partial charge < -0.3 is 10.4 Å². The van der Waals surface area contributed by atoms with Gasteiger partial charge in [-0.1, -0.05) is 13.8 Å². The highest BCUT2D eigenvalue weighted by atomic mass is 32.2. The Bertz CT molecular complexity index is 346. The number of aliphatic hydroxyl groups is 1. The molecule has 0 aliphatic carbocycles. The van der Waals surface area contributed by atoms with Crippen LogP contribution in [0.25, 0.3) is 0 Å². The van der Waals surface area contributed by atoms with Crippen LogP contribution in [0.2, 0.25) is 0 Å². The third-order valence-corrected chi connectivity index (χ3v) is 5.39. The van der Waals surface area contributed by atoms with Crippen molar-refractivity contribution >= 4 is 10.0 Å². The summed E-state index contributed by atoms with van der Waals surface area (Å²) in [5.41, 5.74) is -0.118. The summed E-state index contributed by atoms with van der Waals surface area (Å²) in [6.07, 6.45) is 1.70. The van der Waals surface area contributed by atoms with Gasteiger partial charge in [-0.25, -0.2) is 12.7 Å². The number of aliphatic hydroxyl groups excluding tert-OH is 1. The molecule has 0 aromatic rings. The van der Waals surface area contributed by atoms with Crippen molar-refractivity contribution in [3.05, 3.63) is 0 Å². The lowest BCUT2D eigenvalue weighted by Crippen LogP contribution is -2.47. The van der Waals surface area contributed by atoms with Crippen LogP contribution >= 0.6 is 0 Å². The van der Waals surface area contributed by atoms with E-state index in [9.17, 15) is 13.5 Å². The summed E-state index contributed by atoms with van der Waals surface area (Å²) in [5, 5.41) is 12.6. The molecule has 1 fully saturated rings. The third kappa shape index (κ3) is 4.50. The predicted molar refractivity (Wildman–Crippen MR) is 72.9 cm³/mol. The molecular weight excluding hydrogens is 252 g/mol. The molecule has 108 valence electrons. The van der Waals surface area contributed by atoms with Crippen LogP contribution in [0, 0.1) is 5.41 Å². The van der Waals surface area contributed by atoms with Crippen molar-refractivity contribution < 1.29 is 13.5 Å². The standard InChI is InChI=1S/C12H26N2O3S/c1-4-18(16,17)14-7-5-11(6-8-14)13-9-12(2,3)10-15/h11,13,15H,4-10H2,1-3H3. The molecule has 0 aromatic heterocycles. The Kier molecular flexibility index (Phi) is 5.58. The number of hydrogen-bond donors (Lipinski definition) is 2. The van der Waals surface area contributed by atoms with Gasteiger partial charge in [0.1, 0.15) is 0 Å². The lowest BCUT2D eigenvalue weighted by atomic mass is 9.94. The van der Waals surface area contributed by atoms with Crippen LogP contribution in [0.3, 0.4) is 0 Å². The lowest BCUT2D eigenvalue weighted by Gasteiger charge is -2.33. The van der Waals surface area contributed by atoms with E-state index < -0.39 is 10.0 Å². The highest BCUT2D eigenvalue weighted by Crippen LogP contribution is 2.17. The molecule has 0 atom stereocenters. The van der Waals surface area contributed by atoms with E-state index in [-0.39, 0.29) is 17.8 Å². The third-order valence-electron chi connectivity index (χ3n) is 3.51. The molecule has 1 saturated heterocycles. The van der Waals surface area contributed by atoms with Crippen molar-refractivity contribution in [2.75, 3.05) is 32.0 Å². The van der Waals surface area contributed by atoms with Crippen LogP contribution in [0.5, 0.6) is 0 Å². The second kappa shape index (κ2) is 6.32. The Balaban J connectivity index is 2.37. The monoisotopic (exact) mass is 278 g/mol. The second-order valence-electron chi connectivity index (χ2n) is 5.78. The predicted octanol–water partition coefficient (Wildman–Crippen LogP) is 0.409. The molecule has 1 heterocycles. The molecule has 1 aliphatic heterocycles. The number of rotatable bonds is 6. The first-order valence-electron chi connectivity index (χ1n) is 6.63. The quantitative estimate of drug-likeness (QED) is 0.738. The zero-order valence-electron chi connectivity index (χ0n) is 11.6. The highest BCUT2D eigenvalue weighted by Gasteiger charge is 2.27. The van der Waals surface area contributed by atoms with Gasteiger partial charge in [0.15, 0.2) is 0 Å². The topological polar surface area (TPSA) is 69.6 Å². The zero-order valence-corrected chi connectivity index (χ0v) is 12.5. The summed E-state index contributed by atoms with van der Waals surface area (Å²) in [6, 6.07) is 0.360. The average molecular weight is 278 g/mol. The van der Waals surface area contributed by atoms with Gasteiger partial charge in [0.2, 0.25) is 10.0 Å². The van der Waals surface area contributed by atoms with Crippen molar-refractivity contribution in [2.24, 2.45) is 5.41 Å². The number of hydrogen-bond acceptors (Lipinski definition) is 4. The molecule has 1 rings (SSSR count). The fourth-order valence-corrected chi connectivity index (χ4v) is 3.13. The molecule has 0 aromatic carbocycles. The molecule has 0 amide bonds. The Hall–Kier alpha value is -0.170. The SMILES string of the molecule is CCS(=O)(=O)N1CCC(NCC(C)(C)CO)CC1. The van der Waals surface area contributed by atoms with Crippen LogP contribution in [-0.2, 0) is 10.0 Å². The molecule has 0 unspecified atom stereocenters. The Morgan fingerprint density at radius 3 is 2.33 bits per heavy atom. The van der Waals surface area contributed by atoms with Crippen LogP contribution in [0.1, 0.15) is 33.6 Å². The fourth-order valence-electron chi connectivity index (χ4n) is 2.00. The summed E-state index contributed by atoms with van der Waals surface area (Å²) in [4.78, 5) is 0. The fraction of sp³-hybridized carbons (Fsp3) is 1.00. The molecular formula is C12H26N2O3S. The van der Waals surface area contributed by atoms with Gasteiger partial charge >= 0.3 is 0 Å². The zero-order chi connectivity index (χ0) is 13.8. The van der Waals surface area contributed by atoms with Gasteiger partial charge in [0, 0.05) is 37.7 Å². The van der Waals surface area contributed by atoms with Gasteiger partial charge in [0.25, 0.3) is 0 Å². The maximum Gasteiger partial charge on any atom is 0.213 e. The molecule has 2 N–H and O–H groups in total. The van der Waals surface area contributed by atoms with E-state index in [4.69, 9.17) is 0 Å².